The molecule has 24 heavy (non-hydrogen) atoms. The second-order valence-corrected chi connectivity index (χ2v) is 8.04. The molecule has 0 bridgehead atoms. The Morgan fingerprint density at radius 2 is 1.71 bits per heavy atom. The van der Waals surface area contributed by atoms with Crippen LogP contribution in [-0.2, 0) is 9.84 Å². The maximum absolute atomic E-state index is 14.1. The predicted octanol–water partition coefficient (Wildman–Crippen LogP) is 3.30. The zero-order chi connectivity index (χ0) is 17.5. The number of sulfone groups is 1. The number of benzene rings is 1. The molecule has 0 aliphatic heterocycles. The van der Waals surface area contributed by atoms with Gasteiger partial charge in [0.05, 0.1) is 5.69 Å². The molecule has 1 aliphatic rings. The summed E-state index contributed by atoms with van der Waals surface area (Å²) >= 11 is 0. The predicted molar refractivity (Wildman–Crippen MR) is 83.6 cm³/mol. The smallest absolute Gasteiger partial charge is 0.416 e. The largest absolute Gasteiger partial charge is 0.419 e. The third kappa shape index (κ3) is 3.02. The molecule has 0 atom stereocenters. The van der Waals surface area contributed by atoms with Crippen LogP contribution in [0.1, 0.15) is 38.1 Å². The molecule has 3 rings (SSSR count). The van der Waals surface area contributed by atoms with Crippen LogP contribution >= 0.6 is 0 Å². The molecule has 1 saturated carbocycles. The van der Waals surface area contributed by atoms with E-state index in [1.807, 2.05) is 0 Å². The van der Waals surface area contributed by atoms with Gasteiger partial charge in [0.1, 0.15) is 22.8 Å². The Bertz CT molecular complexity index is 901. The van der Waals surface area contributed by atoms with E-state index in [1.54, 1.807) is 0 Å². The van der Waals surface area contributed by atoms with Gasteiger partial charge in [0, 0.05) is 17.9 Å². The molecule has 0 spiro atoms. The van der Waals surface area contributed by atoms with Gasteiger partial charge in [-0.2, -0.15) is 0 Å². The summed E-state index contributed by atoms with van der Waals surface area (Å²) < 4.78 is 57.6. The van der Waals surface area contributed by atoms with E-state index in [9.17, 15) is 22.0 Å². The number of aromatic nitrogens is 1. The highest BCUT2D eigenvalue weighted by atomic mass is 32.2. The van der Waals surface area contributed by atoms with E-state index in [2.05, 4.69) is 0 Å². The monoisotopic (exact) mass is 357 g/mol. The van der Waals surface area contributed by atoms with Crippen LogP contribution in [0.2, 0.25) is 0 Å². The lowest BCUT2D eigenvalue weighted by atomic mass is 9.95. The van der Waals surface area contributed by atoms with Crippen LogP contribution in [0.4, 0.5) is 8.78 Å². The van der Waals surface area contributed by atoms with E-state index < -0.39 is 32.1 Å². The van der Waals surface area contributed by atoms with E-state index in [-0.39, 0.29) is 17.3 Å². The topological polar surface area (TPSA) is 69.3 Å². The minimum Gasteiger partial charge on any atom is -0.416 e. The normalized spacial score (nSPS) is 16.5. The molecule has 0 unspecified atom stereocenters. The van der Waals surface area contributed by atoms with Crippen molar-refractivity contribution in [1.82, 2.24) is 4.57 Å². The van der Waals surface area contributed by atoms with E-state index in [0.29, 0.717) is 0 Å². The Hall–Kier alpha value is -1.96. The van der Waals surface area contributed by atoms with Gasteiger partial charge in [-0.1, -0.05) is 19.3 Å². The average molecular weight is 357 g/mol. The van der Waals surface area contributed by atoms with Crippen molar-refractivity contribution in [2.24, 2.45) is 0 Å². The summed E-state index contributed by atoms with van der Waals surface area (Å²) in [6, 6.07) is 1.76. The Morgan fingerprint density at radius 3 is 2.25 bits per heavy atom. The molecule has 8 heteroatoms. The Balaban J connectivity index is 2.13. The first-order valence-corrected chi connectivity index (χ1v) is 9.57. The van der Waals surface area contributed by atoms with Gasteiger partial charge < -0.3 is 4.42 Å². The molecule has 1 heterocycles. The number of rotatable bonds is 3. The van der Waals surface area contributed by atoms with Crippen LogP contribution in [0.3, 0.4) is 0 Å². The number of nitrogens with zero attached hydrogens (tertiary/aromatic N) is 1. The lowest BCUT2D eigenvalue weighted by Crippen LogP contribution is -2.23. The van der Waals surface area contributed by atoms with Gasteiger partial charge in [0.25, 0.3) is 0 Å². The Labute approximate surface area is 137 Å². The van der Waals surface area contributed by atoms with E-state index in [4.69, 9.17) is 4.42 Å². The Kier molecular flexibility index (Phi) is 4.33. The van der Waals surface area contributed by atoms with Crippen LogP contribution in [0, 0.1) is 11.6 Å². The first-order valence-electron chi connectivity index (χ1n) is 7.68. The van der Waals surface area contributed by atoms with Gasteiger partial charge in [-0.3, -0.25) is 4.57 Å². The molecular weight excluding hydrogens is 340 g/mol. The maximum atomic E-state index is 14.1. The van der Waals surface area contributed by atoms with E-state index in [1.165, 1.54) is 4.57 Å². The van der Waals surface area contributed by atoms with Crippen molar-refractivity contribution in [3.05, 3.63) is 40.6 Å². The van der Waals surface area contributed by atoms with Gasteiger partial charge in [0.15, 0.2) is 9.84 Å². The molecule has 1 aromatic heterocycles. The maximum Gasteiger partial charge on any atom is 0.419 e. The van der Waals surface area contributed by atoms with Crippen LogP contribution in [-0.4, -0.2) is 19.2 Å². The lowest BCUT2D eigenvalue weighted by Gasteiger charge is -2.23. The number of hydrogen-bond donors (Lipinski definition) is 0. The van der Waals surface area contributed by atoms with Crippen molar-refractivity contribution in [3.63, 3.8) is 0 Å². The van der Waals surface area contributed by atoms with Crippen LogP contribution in [0.25, 0.3) is 11.3 Å². The summed E-state index contributed by atoms with van der Waals surface area (Å²) in [5.41, 5.74) is 0.332. The highest BCUT2D eigenvalue weighted by Crippen LogP contribution is 2.33. The molecule has 0 saturated heterocycles. The summed E-state index contributed by atoms with van der Waals surface area (Å²) in [5, 5.41) is 0. The van der Waals surface area contributed by atoms with Gasteiger partial charge in [-0.25, -0.2) is 22.0 Å². The summed E-state index contributed by atoms with van der Waals surface area (Å²) in [6.07, 6.45) is 6.51. The van der Waals surface area contributed by atoms with Crippen LogP contribution < -0.4 is 5.76 Å². The van der Waals surface area contributed by atoms with Crippen molar-refractivity contribution in [2.75, 3.05) is 6.26 Å². The van der Waals surface area contributed by atoms with Gasteiger partial charge in [-0.15, -0.1) is 0 Å². The molecule has 130 valence electrons. The van der Waals surface area contributed by atoms with Crippen molar-refractivity contribution >= 4 is 9.84 Å². The van der Waals surface area contributed by atoms with Crippen molar-refractivity contribution in [3.8, 4) is 11.3 Å². The van der Waals surface area contributed by atoms with Gasteiger partial charge in [-0.05, 0) is 25.0 Å². The molecule has 0 amide bonds. The fraction of sp³-hybridized carbons (Fsp3) is 0.438. The van der Waals surface area contributed by atoms with Gasteiger partial charge in [0.2, 0.25) is 0 Å². The lowest BCUT2D eigenvalue weighted by molar-refractivity contribution is 0.331. The molecular formula is C16H17F2NO4S. The molecule has 1 aliphatic carbocycles. The zero-order valence-corrected chi connectivity index (χ0v) is 13.9. The molecule has 0 radical (unpaired) electrons. The zero-order valence-electron chi connectivity index (χ0n) is 13.1. The first kappa shape index (κ1) is 16.9. The minimum absolute atomic E-state index is 0.0776. The molecule has 5 nitrogen and oxygen atoms in total. The number of hydrogen-bond acceptors (Lipinski definition) is 4. The first-order chi connectivity index (χ1) is 11.3. The fourth-order valence-corrected chi connectivity index (χ4v) is 4.10. The summed E-state index contributed by atoms with van der Waals surface area (Å²) in [5.74, 6) is -2.95. The van der Waals surface area contributed by atoms with Crippen molar-refractivity contribution in [2.45, 2.75) is 43.0 Å². The molecule has 0 N–H and O–H groups in total. The SMILES string of the molecule is CS(=O)(=O)c1c(F)cc(-c2coc(=O)n2C2CCCCC2)cc1F. The van der Waals surface area contributed by atoms with Crippen molar-refractivity contribution in [1.29, 1.82) is 0 Å². The third-order valence-corrected chi connectivity index (χ3v) is 5.46. The van der Waals surface area contributed by atoms with E-state index >= 15 is 0 Å². The Morgan fingerprint density at radius 1 is 1.12 bits per heavy atom. The molecule has 1 fully saturated rings. The fourth-order valence-electron chi connectivity index (χ4n) is 3.27. The summed E-state index contributed by atoms with van der Waals surface area (Å²) in [7, 11) is -4.03. The number of halogens is 2. The average Bonchev–Trinajstić information content (AvgIpc) is 2.87. The van der Waals surface area contributed by atoms with E-state index in [0.717, 1.165) is 56.8 Å². The summed E-state index contributed by atoms with van der Waals surface area (Å²) in [6.45, 7) is 0. The van der Waals surface area contributed by atoms with Crippen LogP contribution in [0.5, 0.6) is 0 Å². The molecule has 1 aromatic carbocycles. The second kappa shape index (κ2) is 6.16. The van der Waals surface area contributed by atoms with Crippen molar-refractivity contribution < 1.29 is 21.6 Å². The number of oxazole rings is 1. The standard InChI is InChI=1S/C16H17F2NO4S/c1-24(21,22)15-12(17)7-10(8-13(15)18)14-9-23-16(20)19(14)11-5-3-2-4-6-11/h7-9,11H,2-6H2,1H3. The van der Waals surface area contributed by atoms with Crippen LogP contribution in [0.15, 0.2) is 32.5 Å². The molecule has 2 aromatic rings. The highest BCUT2D eigenvalue weighted by molar-refractivity contribution is 7.90. The second-order valence-electron chi connectivity index (χ2n) is 6.09. The third-order valence-electron chi connectivity index (χ3n) is 4.33. The highest BCUT2D eigenvalue weighted by Gasteiger charge is 2.25. The quantitative estimate of drug-likeness (QED) is 0.845. The summed E-state index contributed by atoms with van der Waals surface area (Å²) in [4.78, 5) is 11.1. The minimum atomic E-state index is -4.03. The van der Waals surface area contributed by atoms with Gasteiger partial charge >= 0.3 is 5.76 Å².